The van der Waals surface area contributed by atoms with E-state index in [1.807, 2.05) is 0 Å². The van der Waals surface area contributed by atoms with Gasteiger partial charge in [0.1, 0.15) is 0 Å². The van der Waals surface area contributed by atoms with Crippen LogP contribution in [-0.4, -0.2) is 36.6 Å². The first-order valence-electron chi connectivity index (χ1n) is 8.51. The summed E-state index contributed by atoms with van der Waals surface area (Å²) >= 11 is 0. The molecule has 0 aromatic heterocycles. The van der Waals surface area contributed by atoms with Gasteiger partial charge in [-0.25, -0.2) is 0 Å². The van der Waals surface area contributed by atoms with Gasteiger partial charge in [-0.05, 0) is 62.3 Å². The Morgan fingerprint density at radius 2 is 1.68 bits per heavy atom. The maximum atomic E-state index is 3.74. The molecule has 2 heterocycles. The third-order valence-electron chi connectivity index (χ3n) is 6.07. The van der Waals surface area contributed by atoms with E-state index >= 15 is 0 Å². The van der Waals surface area contributed by atoms with E-state index in [1.165, 1.54) is 58.2 Å². The molecule has 110 valence electrons. The Bertz CT molecular complexity index is 285. The van der Waals surface area contributed by atoms with Crippen LogP contribution in [0.2, 0.25) is 0 Å². The van der Waals surface area contributed by atoms with Crippen molar-refractivity contribution >= 4 is 0 Å². The molecule has 2 atom stereocenters. The highest BCUT2D eigenvalue weighted by Crippen LogP contribution is 2.40. The highest BCUT2D eigenvalue weighted by Gasteiger charge is 2.39. The van der Waals surface area contributed by atoms with Crippen LogP contribution in [-0.2, 0) is 0 Å². The second-order valence-corrected chi connectivity index (χ2v) is 8.29. The van der Waals surface area contributed by atoms with E-state index < -0.39 is 0 Å². The van der Waals surface area contributed by atoms with E-state index in [0.717, 1.165) is 23.9 Å². The van der Waals surface area contributed by atoms with Crippen molar-refractivity contribution in [2.45, 2.75) is 71.4 Å². The topological polar surface area (TPSA) is 15.3 Å². The van der Waals surface area contributed by atoms with Crippen molar-refractivity contribution in [2.75, 3.05) is 19.6 Å². The van der Waals surface area contributed by atoms with E-state index in [-0.39, 0.29) is 0 Å². The van der Waals surface area contributed by atoms with Gasteiger partial charge in [-0.15, -0.1) is 0 Å². The molecule has 2 saturated heterocycles. The molecule has 0 radical (unpaired) electrons. The average Bonchev–Trinajstić information content (AvgIpc) is 2.81. The van der Waals surface area contributed by atoms with Crippen LogP contribution in [0.1, 0.15) is 59.3 Å². The summed E-state index contributed by atoms with van der Waals surface area (Å²) in [5.41, 5.74) is 0.519. The predicted molar refractivity (Wildman–Crippen MR) is 81.3 cm³/mol. The molecule has 1 N–H and O–H groups in total. The standard InChI is InChI=1S/C17H32N2/c1-17(2,3)14-6-8-15(9-7-14)19-11-13-5-4-10-18-16(13)12-19/h13-16,18H,4-12H2,1-3H3. The fraction of sp³-hybridized carbons (Fsp3) is 1.00. The molecule has 2 unspecified atom stereocenters. The number of hydrogen-bond acceptors (Lipinski definition) is 2. The summed E-state index contributed by atoms with van der Waals surface area (Å²) in [5, 5.41) is 3.74. The van der Waals surface area contributed by atoms with Crippen LogP contribution in [0.3, 0.4) is 0 Å². The zero-order chi connectivity index (χ0) is 13.5. The van der Waals surface area contributed by atoms with Gasteiger partial charge in [0.05, 0.1) is 0 Å². The van der Waals surface area contributed by atoms with Crippen LogP contribution >= 0.6 is 0 Å². The van der Waals surface area contributed by atoms with Gasteiger partial charge in [0.25, 0.3) is 0 Å². The van der Waals surface area contributed by atoms with Gasteiger partial charge < -0.3 is 5.32 Å². The minimum absolute atomic E-state index is 0.519. The summed E-state index contributed by atoms with van der Waals surface area (Å²) in [7, 11) is 0. The number of likely N-dealkylation sites (tertiary alicyclic amines) is 1. The Morgan fingerprint density at radius 1 is 0.947 bits per heavy atom. The summed E-state index contributed by atoms with van der Waals surface area (Å²) in [6, 6.07) is 1.71. The smallest absolute Gasteiger partial charge is 0.0235 e. The number of nitrogens with zero attached hydrogens (tertiary/aromatic N) is 1. The van der Waals surface area contributed by atoms with E-state index in [4.69, 9.17) is 0 Å². The number of rotatable bonds is 1. The Morgan fingerprint density at radius 3 is 2.32 bits per heavy atom. The molecule has 0 aromatic carbocycles. The first-order chi connectivity index (χ1) is 9.04. The predicted octanol–water partition coefficient (Wildman–Crippen LogP) is 3.28. The van der Waals surface area contributed by atoms with Crippen molar-refractivity contribution in [3.05, 3.63) is 0 Å². The Balaban J connectivity index is 1.52. The van der Waals surface area contributed by atoms with Crippen LogP contribution in [0, 0.1) is 17.3 Å². The molecule has 0 bridgehead atoms. The van der Waals surface area contributed by atoms with E-state index in [0.29, 0.717) is 5.41 Å². The van der Waals surface area contributed by atoms with Crippen molar-refractivity contribution in [1.82, 2.24) is 10.2 Å². The molecule has 2 nitrogen and oxygen atoms in total. The van der Waals surface area contributed by atoms with Gasteiger partial charge in [0, 0.05) is 25.2 Å². The van der Waals surface area contributed by atoms with E-state index in [9.17, 15) is 0 Å². The van der Waals surface area contributed by atoms with Crippen LogP contribution in [0.15, 0.2) is 0 Å². The quantitative estimate of drug-likeness (QED) is 0.782. The molecule has 1 saturated carbocycles. The van der Waals surface area contributed by atoms with E-state index in [2.05, 4.69) is 31.0 Å². The van der Waals surface area contributed by atoms with Gasteiger partial charge in [-0.1, -0.05) is 20.8 Å². The van der Waals surface area contributed by atoms with Crippen LogP contribution in [0.4, 0.5) is 0 Å². The number of nitrogens with one attached hydrogen (secondary N) is 1. The zero-order valence-corrected chi connectivity index (χ0v) is 13.1. The van der Waals surface area contributed by atoms with Crippen LogP contribution < -0.4 is 5.32 Å². The molecule has 1 aliphatic carbocycles. The van der Waals surface area contributed by atoms with Gasteiger partial charge in [0.15, 0.2) is 0 Å². The highest BCUT2D eigenvalue weighted by atomic mass is 15.2. The van der Waals surface area contributed by atoms with Crippen molar-refractivity contribution in [1.29, 1.82) is 0 Å². The molecule has 19 heavy (non-hydrogen) atoms. The van der Waals surface area contributed by atoms with Crippen molar-refractivity contribution < 1.29 is 0 Å². The molecule has 0 spiro atoms. The third-order valence-corrected chi connectivity index (χ3v) is 6.07. The fourth-order valence-electron chi connectivity index (χ4n) is 4.69. The third kappa shape index (κ3) is 3.00. The Hall–Kier alpha value is -0.0800. The zero-order valence-electron chi connectivity index (χ0n) is 13.1. The van der Waals surface area contributed by atoms with Crippen LogP contribution in [0.5, 0.6) is 0 Å². The molecule has 2 heteroatoms. The summed E-state index contributed by atoms with van der Waals surface area (Å²) in [4.78, 5) is 2.83. The summed E-state index contributed by atoms with van der Waals surface area (Å²) in [5.74, 6) is 1.90. The maximum absolute atomic E-state index is 3.74. The summed E-state index contributed by atoms with van der Waals surface area (Å²) < 4.78 is 0. The van der Waals surface area contributed by atoms with Crippen molar-refractivity contribution in [2.24, 2.45) is 17.3 Å². The van der Waals surface area contributed by atoms with Crippen molar-refractivity contribution in [3.63, 3.8) is 0 Å². The lowest BCUT2D eigenvalue weighted by Crippen LogP contribution is -2.42. The molecule has 2 aliphatic heterocycles. The van der Waals surface area contributed by atoms with E-state index in [1.54, 1.807) is 0 Å². The Kier molecular flexibility index (Phi) is 3.92. The minimum atomic E-state index is 0.519. The second kappa shape index (κ2) is 5.37. The molecule has 0 amide bonds. The monoisotopic (exact) mass is 264 g/mol. The number of hydrogen-bond donors (Lipinski definition) is 1. The maximum Gasteiger partial charge on any atom is 0.0235 e. The Labute approximate surface area is 119 Å². The lowest BCUT2D eigenvalue weighted by molar-refractivity contribution is 0.107. The van der Waals surface area contributed by atoms with Gasteiger partial charge in [0.2, 0.25) is 0 Å². The largest absolute Gasteiger partial charge is 0.312 e. The first kappa shape index (κ1) is 13.9. The first-order valence-corrected chi connectivity index (χ1v) is 8.51. The molecular formula is C17H32N2. The lowest BCUT2D eigenvalue weighted by atomic mass is 9.71. The van der Waals surface area contributed by atoms with Gasteiger partial charge >= 0.3 is 0 Å². The summed E-state index contributed by atoms with van der Waals surface area (Å²) in [6.45, 7) is 11.2. The normalized spacial score (nSPS) is 41.2. The highest BCUT2D eigenvalue weighted by molar-refractivity contribution is 4.95. The van der Waals surface area contributed by atoms with Crippen LogP contribution in [0.25, 0.3) is 0 Å². The number of piperidine rings is 1. The summed E-state index contributed by atoms with van der Waals surface area (Å²) in [6.07, 6.45) is 8.65. The van der Waals surface area contributed by atoms with Gasteiger partial charge in [-0.2, -0.15) is 0 Å². The molecule has 3 aliphatic rings. The van der Waals surface area contributed by atoms with Gasteiger partial charge in [-0.3, -0.25) is 4.90 Å². The minimum Gasteiger partial charge on any atom is -0.312 e. The SMILES string of the molecule is CC(C)(C)C1CCC(N2CC3CCCNC3C2)CC1. The molecule has 0 aromatic rings. The average molecular weight is 264 g/mol. The lowest BCUT2D eigenvalue weighted by Gasteiger charge is -2.40. The molecule has 3 rings (SSSR count). The molecular weight excluding hydrogens is 232 g/mol. The number of fused-ring (bicyclic) bond motifs is 1. The van der Waals surface area contributed by atoms with Crippen molar-refractivity contribution in [3.8, 4) is 0 Å². The fourth-order valence-corrected chi connectivity index (χ4v) is 4.69. The second-order valence-electron chi connectivity index (χ2n) is 8.29. The molecule has 3 fully saturated rings.